The number of benzene rings is 2. The van der Waals surface area contributed by atoms with Gasteiger partial charge in [0.25, 0.3) is 0 Å². The molecule has 1 amide bonds. The highest BCUT2D eigenvalue weighted by Gasteiger charge is 2.39. The van der Waals surface area contributed by atoms with Crippen LogP contribution >= 0.6 is 15.9 Å². The fraction of sp³-hybridized carbons (Fsp3) is 0.519. The summed E-state index contributed by atoms with van der Waals surface area (Å²) in [4.78, 5) is 14.9. The molecule has 1 heterocycles. The van der Waals surface area contributed by atoms with Crippen LogP contribution in [-0.4, -0.2) is 47.2 Å². The van der Waals surface area contributed by atoms with Gasteiger partial charge in [0.05, 0.1) is 25.9 Å². The first-order chi connectivity index (χ1) is 15.9. The van der Waals surface area contributed by atoms with Gasteiger partial charge in [0.1, 0.15) is 11.7 Å². The lowest BCUT2D eigenvalue weighted by atomic mass is 9.89. The summed E-state index contributed by atoms with van der Waals surface area (Å²) in [7, 11) is 0. The third-order valence-electron chi connectivity index (χ3n) is 5.73. The number of alkyl halides is 1. The first kappa shape index (κ1) is 25.7. The van der Waals surface area contributed by atoms with Crippen LogP contribution in [0.3, 0.4) is 0 Å². The van der Waals surface area contributed by atoms with Crippen LogP contribution in [0, 0.1) is 5.92 Å². The zero-order chi connectivity index (χ0) is 23.7. The summed E-state index contributed by atoms with van der Waals surface area (Å²) >= 11 is 3.65. The normalized spacial score (nSPS) is 19.8. The summed E-state index contributed by atoms with van der Waals surface area (Å²) < 4.78 is 18.3. The smallest absolute Gasteiger partial charge is 0.410 e. The second-order valence-corrected chi connectivity index (χ2v) is 10.3. The molecule has 2 aromatic carbocycles. The summed E-state index contributed by atoms with van der Waals surface area (Å²) in [6.45, 7) is 7.73. The standard InChI is InChI=1S/C27H36BrNO4/c1-27(2,3)33-26(30)29-15-14-23(17-28)16-24(29)25(32-19-22-12-8-5-9-13-22)20-31-18-21-10-6-4-7-11-21/h4-13,23-25H,14-20H2,1-3H3/t23-,24+,25+/m0/s1. The minimum atomic E-state index is -0.544. The van der Waals surface area contributed by atoms with Crippen molar-refractivity contribution >= 4 is 22.0 Å². The van der Waals surface area contributed by atoms with Crippen LogP contribution in [0.5, 0.6) is 0 Å². The molecule has 3 rings (SSSR count). The average Bonchev–Trinajstić information content (AvgIpc) is 2.81. The maximum atomic E-state index is 13.1. The Balaban J connectivity index is 1.75. The van der Waals surface area contributed by atoms with Crippen molar-refractivity contribution in [2.75, 3.05) is 18.5 Å². The van der Waals surface area contributed by atoms with Crippen molar-refractivity contribution in [3.63, 3.8) is 0 Å². The van der Waals surface area contributed by atoms with E-state index in [9.17, 15) is 4.79 Å². The van der Waals surface area contributed by atoms with Crippen molar-refractivity contribution in [2.45, 2.75) is 64.6 Å². The number of ether oxygens (including phenoxy) is 3. The fourth-order valence-corrected chi connectivity index (χ4v) is 4.62. The van der Waals surface area contributed by atoms with Crippen LogP contribution < -0.4 is 0 Å². The molecule has 0 N–H and O–H groups in total. The topological polar surface area (TPSA) is 48.0 Å². The number of halogens is 1. The Kier molecular flexibility index (Phi) is 9.78. The highest BCUT2D eigenvalue weighted by molar-refractivity contribution is 9.09. The number of rotatable bonds is 9. The van der Waals surface area contributed by atoms with E-state index in [4.69, 9.17) is 14.2 Å². The Labute approximate surface area is 206 Å². The van der Waals surface area contributed by atoms with Gasteiger partial charge in [-0.15, -0.1) is 0 Å². The molecule has 2 aromatic rings. The van der Waals surface area contributed by atoms with Crippen molar-refractivity contribution < 1.29 is 19.0 Å². The van der Waals surface area contributed by atoms with Gasteiger partial charge in [0.15, 0.2) is 0 Å². The Morgan fingerprint density at radius 2 is 1.64 bits per heavy atom. The highest BCUT2D eigenvalue weighted by Crippen LogP contribution is 2.30. The Morgan fingerprint density at radius 1 is 1.03 bits per heavy atom. The van der Waals surface area contributed by atoms with E-state index in [2.05, 4.69) is 28.1 Å². The van der Waals surface area contributed by atoms with Crippen molar-refractivity contribution in [1.29, 1.82) is 0 Å². The Bertz CT molecular complexity index is 840. The van der Waals surface area contributed by atoms with Gasteiger partial charge in [-0.1, -0.05) is 76.6 Å². The zero-order valence-electron chi connectivity index (χ0n) is 19.9. The van der Waals surface area contributed by atoms with E-state index in [1.54, 1.807) is 0 Å². The molecule has 0 aliphatic carbocycles. The largest absolute Gasteiger partial charge is 0.444 e. The molecule has 0 radical (unpaired) electrons. The number of piperidine rings is 1. The van der Waals surface area contributed by atoms with Crippen molar-refractivity contribution in [2.24, 2.45) is 5.92 Å². The lowest BCUT2D eigenvalue weighted by Gasteiger charge is -2.43. The quantitative estimate of drug-likeness (QED) is 0.371. The summed E-state index contributed by atoms with van der Waals surface area (Å²) in [5.41, 5.74) is 1.67. The number of carbonyl (C=O) groups is 1. The number of carbonyl (C=O) groups excluding carboxylic acids is 1. The molecule has 1 aliphatic heterocycles. The summed E-state index contributed by atoms with van der Waals surface area (Å²) in [5.74, 6) is 0.477. The van der Waals surface area contributed by atoms with Crippen LogP contribution in [0.1, 0.15) is 44.7 Å². The van der Waals surface area contributed by atoms with E-state index in [1.165, 1.54) is 0 Å². The Hall–Kier alpha value is -1.89. The number of likely N-dealkylation sites (tertiary alicyclic amines) is 1. The molecule has 0 spiro atoms. The van der Waals surface area contributed by atoms with Gasteiger partial charge < -0.3 is 19.1 Å². The minimum Gasteiger partial charge on any atom is -0.444 e. The molecule has 1 saturated heterocycles. The molecule has 0 unspecified atom stereocenters. The Morgan fingerprint density at radius 3 is 2.21 bits per heavy atom. The lowest BCUT2D eigenvalue weighted by Crippen LogP contribution is -2.55. The van der Waals surface area contributed by atoms with Crippen LogP contribution in [0.2, 0.25) is 0 Å². The zero-order valence-corrected chi connectivity index (χ0v) is 21.5. The molecule has 1 aliphatic rings. The minimum absolute atomic E-state index is 0.115. The first-order valence-electron chi connectivity index (χ1n) is 11.7. The molecule has 1 fully saturated rings. The van der Waals surface area contributed by atoms with Crippen molar-refractivity contribution in [3.05, 3.63) is 71.8 Å². The summed E-state index contributed by atoms with van der Waals surface area (Å²) in [5, 5.41) is 0.905. The van der Waals surface area contributed by atoms with Crippen LogP contribution in [-0.2, 0) is 27.4 Å². The number of amides is 1. The molecule has 0 saturated carbocycles. The molecule has 33 heavy (non-hydrogen) atoms. The monoisotopic (exact) mass is 517 g/mol. The van der Waals surface area contributed by atoms with Gasteiger partial charge >= 0.3 is 6.09 Å². The van der Waals surface area contributed by atoms with Gasteiger partial charge in [-0.25, -0.2) is 4.79 Å². The summed E-state index contributed by atoms with van der Waals surface area (Å²) in [6.07, 6.45) is 1.25. The molecular weight excluding hydrogens is 482 g/mol. The highest BCUT2D eigenvalue weighted by atomic mass is 79.9. The van der Waals surface area contributed by atoms with Crippen molar-refractivity contribution in [1.82, 2.24) is 4.90 Å². The van der Waals surface area contributed by atoms with E-state index in [0.717, 1.165) is 29.3 Å². The second kappa shape index (κ2) is 12.5. The third-order valence-corrected chi connectivity index (χ3v) is 6.65. The van der Waals surface area contributed by atoms with E-state index in [0.29, 0.717) is 32.3 Å². The van der Waals surface area contributed by atoms with Crippen molar-refractivity contribution in [3.8, 4) is 0 Å². The number of hydrogen-bond acceptors (Lipinski definition) is 4. The van der Waals surface area contributed by atoms with E-state index in [-0.39, 0.29) is 18.2 Å². The predicted octanol–water partition coefficient (Wildman–Crippen LogP) is 6.20. The molecule has 3 atom stereocenters. The predicted molar refractivity (Wildman–Crippen MR) is 134 cm³/mol. The van der Waals surface area contributed by atoms with E-state index in [1.807, 2.05) is 74.2 Å². The number of hydrogen-bond donors (Lipinski definition) is 0. The molecule has 6 heteroatoms. The maximum absolute atomic E-state index is 13.1. The number of nitrogens with zero attached hydrogens (tertiary/aromatic N) is 1. The maximum Gasteiger partial charge on any atom is 0.410 e. The van der Waals surface area contributed by atoms with E-state index >= 15 is 0 Å². The summed E-state index contributed by atoms with van der Waals surface area (Å²) in [6, 6.07) is 20.1. The fourth-order valence-electron chi connectivity index (χ4n) is 4.03. The SMILES string of the molecule is CC(C)(C)OC(=O)N1CC[C@H](CBr)C[C@@H]1[C@@H](COCc1ccccc1)OCc1ccccc1. The van der Waals surface area contributed by atoms with Gasteiger partial charge in [-0.2, -0.15) is 0 Å². The molecular formula is C27H36BrNO4. The molecule has 0 bridgehead atoms. The van der Waals surface area contributed by atoms with Crippen LogP contribution in [0.4, 0.5) is 4.79 Å². The first-order valence-corrected chi connectivity index (χ1v) is 12.8. The van der Waals surface area contributed by atoms with Gasteiger partial charge in [-0.05, 0) is 50.7 Å². The van der Waals surface area contributed by atoms with E-state index < -0.39 is 5.60 Å². The third kappa shape index (κ3) is 8.43. The average molecular weight is 518 g/mol. The van der Waals surface area contributed by atoms with Gasteiger partial charge in [0.2, 0.25) is 0 Å². The van der Waals surface area contributed by atoms with Gasteiger partial charge in [-0.3, -0.25) is 0 Å². The van der Waals surface area contributed by atoms with Crippen LogP contribution in [0.25, 0.3) is 0 Å². The molecule has 5 nitrogen and oxygen atoms in total. The lowest BCUT2D eigenvalue weighted by molar-refractivity contribution is -0.0870. The molecule has 180 valence electrons. The van der Waals surface area contributed by atoms with Crippen LogP contribution in [0.15, 0.2) is 60.7 Å². The second-order valence-electron chi connectivity index (χ2n) is 9.62. The molecule has 0 aromatic heterocycles. The van der Waals surface area contributed by atoms with Gasteiger partial charge in [0, 0.05) is 11.9 Å².